The molecule has 0 unspecified atom stereocenters. The van der Waals surface area contributed by atoms with Crippen LogP contribution in [0.15, 0.2) is 59.1 Å². The molecule has 0 aliphatic carbocycles. The summed E-state index contributed by atoms with van der Waals surface area (Å²) in [5.74, 6) is -2.97. The Morgan fingerprint density at radius 1 is 0.758 bits per heavy atom. The molecule has 176 valence electrons. The van der Waals surface area contributed by atoms with Gasteiger partial charge in [-0.25, -0.2) is 14.4 Å². The lowest BCUT2D eigenvalue weighted by Crippen LogP contribution is -2.36. The summed E-state index contributed by atoms with van der Waals surface area (Å²) in [4.78, 5) is 48.4. The molecule has 9 heteroatoms. The van der Waals surface area contributed by atoms with Crippen molar-refractivity contribution in [1.29, 1.82) is 0 Å². The van der Waals surface area contributed by atoms with E-state index in [-0.39, 0.29) is 6.61 Å². The summed E-state index contributed by atoms with van der Waals surface area (Å²) in [5.41, 5.74) is 1.26. The van der Waals surface area contributed by atoms with E-state index < -0.39 is 48.6 Å². The fraction of sp³-hybridized carbons (Fsp3) is 0.333. The SMILES string of the molecule is C[C@H](OCc1ccccc1)C(=O)O[C@@H](C)C(=O)O[C@@H](C)C(=O)OCC(=O)c1ccc(Br)cc1. The Bertz CT molecular complexity index is 958. The smallest absolute Gasteiger partial charge is 0.347 e. The quantitative estimate of drug-likeness (QED) is 0.251. The van der Waals surface area contributed by atoms with E-state index in [1.54, 1.807) is 24.3 Å². The molecule has 0 amide bonds. The average Bonchev–Trinajstić information content (AvgIpc) is 2.81. The van der Waals surface area contributed by atoms with Crippen molar-refractivity contribution in [3.8, 4) is 0 Å². The van der Waals surface area contributed by atoms with Crippen molar-refractivity contribution >= 4 is 39.6 Å². The zero-order valence-corrected chi connectivity index (χ0v) is 20.1. The number of ketones is 1. The maximum Gasteiger partial charge on any atom is 0.347 e. The normalized spacial score (nSPS) is 13.3. The monoisotopic (exact) mass is 520 g/mol. The number of Topliss-reactive ketones (excluding diaryl/α,β-unsaturated/α-hetero) is 1. The van der Waals surface area contributed by atoms with Gasteiger partial charge in [-0.1, -0.05) is 58.4 Å². The number of rotatable bonds is 11. The third-order valence-corrected chi connectivity index (χ3v) is 4.96. The van der Waals surface area contributed by atoms with Crippen molar-refractivity contribution in [2.24, 2.45) is 0 Å². The maximum absolute atomic E-state index is 12.2. The number of ether oxygens (including phenoxy) is 4. The Kier molecular flexibility index (Phi) is 10.2. The summed E-state index contributed by atoms with van der Waals surface area (Å²) in [5, 5.41) is 0. The second-order valence-electron chi connectivity index (χ2n) is 7.13. The molecule has 0 aliphatic rings. The molecule has 8 nitrogen and oxygen atoms in total. The average molecular weight is 521 g/mol. The fourth-order valence-electron chi connectivity index (χ4n) is 2.47. The minimum absolute atomic E-state index is 0.206. The summed E-state index contributed by atoms with van der Waals surface area (Å²) in [7, 11) is 0. The highest BCUT2D eigenvalue weighted by Gasteiger charge is 2.27. The van der Waals surface area contributed by atoms with Gasteiger partial charge in [-0.05, 0) is 38.5 Å². The van der Waals surface area contributed by atoms with Gasteiger partial charge in [0.1, 0.15) is 0 Å². The number of halogens is 1. The zero-order valence-electron chi connectivity index (χ0n) is 18.5. The standard InChI is InChI=1S/C24H25BrO8/c1-15(30-13-18-7-5-4-6-8-18)23(28)33-17(3)24(29)32-16(2)22(27)31-14-21(26)19-9-11-20(25)12-10-19/h4-12,15-17H,13-14H2,1-3H3/t15-,16-,17-/m0/s1. The van der Waals surface area contributed by atoms with Gasteiger partial charge in [0, 0.05) is 10.0 Å². The van der Waals surface area contributed by atoms with Crippen LogP contribution in [0.25, 0.3) is 0 Å². The molecule has 2 rings (SSSR count). The van der Waals surface area contributed by atoms with Crippen molar-refractivity contribution < 1.29 is 38.1 Å². The first-order valence-electron chi connectivity index (χ1n) is 10.2. The van der Waals surface area contributed by atoms with Gasteiger partial charge in [-0.2, -0.15) is 0 Å². The molecular formula is C24H25BrO8. The van der Waals surface area contributed by atoms with Gasteiger partial charge < -0.3 is 18.9 Å². The van der Waals surface area contributed by atoms with Crippen molar-refractivity contribution in [1.82, 2.24) is 0 Å². The third-order valence-electron chi connectivity index (χ3n) is 4.44. The highest BCUT2D eigenvalue weighted by molar-refractivity contribution is 9.10. The van der Waals surface area contributed by atoms with E-state index >= 15 is 0 Å². The van der Waals surface area contributed by atoms with Gasteiger partial charge in [0.2, 0.25) is 0 Å². The minimum atomic E-state index is -1.29. The van der Waals surface area contributed by atoms with Gasteiger partial charge in [0.15, 0.2) is 30.7 Å². The van der Waals surface area contributed by atoms with Crippen LogP contribution in [0, 0.1) is 0 Å². The summed E-state index contributed by atoms with van der Waals surface area (Å²) in [6.07, 6.45) is -3.46. The van der Waals surface area contributed by atoms with E-state index in [0.717, 1.165) is 10.0 Å². The molecule has 2 aromatic carbocycles. The van der Waals surface area contributed by atoms with Crippen molar-refractivity contribution in [2.75, 3.05) is 6.61 Å². The van der Waals surface area contributed by atoms with Gasteiger partial charge >= 0.3 is 17.9 Å². The molecule has 2 aromatic rings. The molecule has 33 heavy (non-hydrogen) atoms. The van der Waals surface area contributed by atoms with Crippen LogP contribution in [0.3, 0.4) is 0 Å². The molecule has 0 bridgehead atoms. The Morgan fingerprint density at radius 3 is 1.91 bits per heavy atom. The van der Waals surface area contributed by atoms with Crippen LogP contribution in [0.4, 0.5) is 0 Å². The first-order chi connectivity index (χ1) is 15.7. The molecule has 0 N–H and O–H groups in total. The van der Waals surface area contributed by atoms with E-state index in [4.69, 9.17) is 18.9 Å². The van der Waals surface area contributed by atoms with Crippen LogP contribution >= 0.6 is 15.9 Å². The van der Waals surface area contributed by atoms with Gasteiger partial charge in [-0.3, -0.25) is 4.79 Å². The Balaban J connectivity index is 1.74. The van der Waals surface area contributed by atoms with Crippen LogP contribution in [0.2, 0.25) is 0 Å². The van der Waals surface area contributed by atoms with Gasteiger partial charge in [0.05, 0.1) is 6.61 Å². The summed E-state index contributed by atoms with van der Waals surface area (Å²) in [6.45, 7) is 3.83. The molecule has 0 aliphatic heterocycles. The molecular weight excluding hydrogens is 496 g/mol. The Hall–Kier alpha value is -3.04. The highest BCUT2D eigenvalue weighted by atomic mass is 79.9. The van der Waals surface area contributed by atoms with Crippen molar-refractivity contribution in [2.45, 2.75) is 45.7 Å². The van der Waals surface area contributed by atoms with Crippen LogP contribution in [-0.4, -0.2) is 48.6 Å². The van der Waals surface area contributed by atoms with Crippen LogP contribution in [0.5, 0.6) is 0 Å². The molecule has 0 fully saturated rings. The first kappa shape index (κ1) is 26.2. The van der Waals surface area contributed by atoms with Gasteiger partial charge in [-0.15, -0.1) is 0 Å². The lowest BCUT2D eigenvalue weighted by Gasteiger charge is -2.18. The largest absolute Gasteiger partial charge is 0.455 e. The minimum Gasteiger partial charge on any atom is -0.455 e. The van der Waals surface area contributed by atoms with E-state index in [1.165, 1.54) is 20.8 Å². The van der Waals surface area contributed by atoms with Crippen molar-refractivity contribution in [3.63, 3.8) is 0 Å². The Labute approximate surface area is 200 Å². The number of esters is 3. The number of benzene rings is 2. The summed E-state index contributed by atoms with van der Waals surface area (Å²) < 4.78 is 21.2. The van der Waals surface area contributed by atoms with E-state index in [0.29, 0.717) is 5.56 Å². The molecule has 0 radical (unpaired) electrons. The van der Waals surface area contributed by atoms with E-state index in [2.05, 4.69) is 15.9 Å². The number of carbonyl (C=O) groups is 4. The molecule has 0 aromatic heterocycles. The summed E-state index contributed by atoms with van der Waals surface area (Å²) in [6, 6.07) is 15.8. The van der Waals surface area contributed by atoms with E-state index in [1.807, 2.05) is 30.3 Å². The predicted octanol–water partition coefficient (Wildman–Crippen LogP) is 3.64. The molecule has 3 atom stereocenters. The zero-order chi connectivity index (χ0) is 24.4. The van der Waals surface area contributed by atoms with Crippen molar-refractivity contribution in [3.05, 3.63) is 70.2 Å². The van der Waals surface area contributed by atoms with Crippen LogP contribution in [0.1, 0.15) is 36.7 Å². The number of carbonyl (C=O) groups excluding carboxylic acids is 4. The third kappa shape index (κ3) is 8.78. The molecule has 0 spiro atoms. The first-order valence-corrected chi connectivity index (χ1v) is 11.0. The van der Waals surface area contributed by atoms with E-state index in [9.17, 15) is 19.2 Å². The maximum atomic E-state index is 12.2. The predicted molar refractivity (Wildman–Crippen MR) is 121 cm³/mol. The molecule has 0 saturated carbocycles. The van der Waals surface area contributed by atoms with Crippen LogP contribution in [-0.2, 0) is 39.9 Å². The second-order valence-corrected chi connectivity index (χ2v) is 8.05. The van der Waals surface area contributed by atoms with Crippen LogP contribution < -0.4 is 0 Å². The highest BCUT2D eigenvalue weighted by Crippen LogP contribution is 2.12. The fourth-order valence-corrected chi connectivity index (χ4v) is 2.74. The van der Waals surface area contributed by atoms with Gasteiger partial charge in [0.25, 0.3) is 0 Å². The Morgan fingerprint density at radius 2 is 1.30 bits per heavy atom. The second kappa shape index (κ2) is 12.9. The molecule has 0 heterocycles. The summed E-state index contributed by atoms with van der Waals surface area (Å²) >= 11 is 3.27. The lowest BCUT2D eigenvalue weighted by atomic mass is 10.1. The number of hydrogen-bond donors (Lipinski definition) is 0. The lowest BCUT2D eigenvalue weighted by molar-refractivity contribution is -0.180. The topological polar surface area (TPSA) is 105 Å². The number of hydrogen-bond acceptors (Lipinski definition) is 8. The molecule has 0 saturated heterocycles.